The molecule has 1 saturated heterocycles. The molecule has 0 radical (unpaired) electrons. The highest BCUT2D eigenvalue weighted by atomic mass is 32.1. The Morgan fingerprint density at radius 1 is 1.41 bits per heavy atom. The monoisotopic (exact) mass is 248 g/mol. The molecule has 92 valence electrons. The van der Waals surface area contributed by atoms with E-state index in [-0.39, 0.29) is 0 Å². The summed E-state index contributed by atoms with van der Waals surface area (Å²) >= 11 is 5.18. The van der Waals surface area contributed by atoms with Gasteiger partial charge in [-0.05, 0) is 37.4 Å². The second kappa shape index (κ2) is 5.61. The van der Waals surface area contributed by atoms with Gasteiger partial charge < -0.3 is 5.73 Å². The van der Waals surface area contributed by atoms with E-state index in [1.807, 2.05) is 0 Å². The predicted molar refractivity (Wildman–Crippen MR) is 76.0 cm³/mol. The van der Waals surface area contributed by atoms with Crippen molar-refractivity contribution in [3.8, 4) is 0 Å². The van der Waals surface area contributed by atoms with Gasteiger partial charge in [0.2, 0.25) is 0 Å². The minimum absolute atomic E-state index is 0.290. The highest BCUT2D eigenvalue weighted by Gasteiger charge is 2.24. The number of hydrogen-bond donors (Lipinski definition) is 1. The largest absolute Gasteiger partial charge is 0.392 e. The van der Waals surface area contributed by atoms with Crippen molar-refractivity contribution < 1.29 is 0 Å². The van der Waals surface area contributed by atoms with Gasteiger partial charge in [-0.3, -0.25) is 4.90 Å². The lowest BCUT2D eigenvalue weighted by Crippen LogP contribution is -2.46. The molecule has 1 heterocycles. The molecule has 0 amide bonds. The number of nitrogens with two attached hydrogens (primary N) is 1. The van der Waals surface area contributed by atoms with Crippen LogP contribution < -0.4 is 5.73 Å². The van der Waals surface area contributed by atoms with Gasteiger partial charge in [0.15, 0.2) is 0 Å². The van der Waals surface area contributed by atoms with Crippen LogP contribution in [0.2, 0.25) is 0 Å². The molecule has 1 unspecified atom stereocenters. The van der Waals surface area contributed by atoms with Crippen LogP contribution in [0.15, 0.2) is 24.3 Å². The molecular weight excluding hydrogens is 228 g/mol. The Morgan fingerprint density at radius 3 is 2.88 bits per heavy atom. The van der Waals surface area contributed by atoms with Crippen molar-refractivity contribution in [2.24, 2.45) is 5.73 Å². The topological polar surface area (TPSA) is 29.3 Å². The maximum Gasteiger partial charge on any atom is 0.0902 e. The number of likely N-dealkylation sites (tertiary alicyclic amines) is 1. The minimum Gasteiger partial charge on any atom is -0.392 e. The standard InChI is InChI=1S/C14H20N2S/c1-11-6-2-3-7-12(11)10-16-9-5-4-8-13(16)14(15)17/h2-3,6-7,13H,4-5,8-10H2,1H3,(H2,15,17). The summed E-state index contributed by atoms with van der Waals surface area (Å²) in [5.74, 6) is 0. The number of hydrogen-bond acceptors (Lipinski definition) is 2. The van der Waals surface area contributed by atoms with Gasteiger partial charge in [0, 0.05) is 6.54 Å². The lowest BCUT2D eigenvalue weighted by atomic mass is 10.00. The second-order valence-corrected chi connectivity index (χ2v) is 5.28. The summed E-state index contributed by atoms with van der Waals surface area (Å²) in [6.45, 7) is 4.24. The first-order valence-electron chi connectivity index (χ1n) is 6.26. The molecule has 1 aliphatic rings. The van der Waals surface area contributed by atoms with Crippen molar-refractivity contribution in [1.82, 2.24) is 4.90 Å². The maximum atomic E-state index is 5.84. The Hall–Kier alpha value is -0.930. The summed E-state index contributed by atoms with van der Waals surface area (Å²) in [6, 6.07) is 8.83. The highest BCUT2D eigenvalue weighted by Crippen LogP contribution is 2.21. The first kappa shape index (κ1) is 12.5. The van der Waals surface area contributed by atoms with Crippen molar-refractivity contribution in [3.05, 3.63) is 35.4 Å². The van der Waals surface area contributed by atoms with Gasteiger partial charge in [0.05, 0.1) is 11.0 Å². The summed E-state index contributed by atoms with van der Waals surface area (Å²) in [4.78, 5) is 3.08. The Bertz CT molecular complexity index is 403. The van der Waals surface area contributed by atoms with Crippen molar-refractivity contribution in [2.75, 3.05) is 6.54 Å². The Kier molecular flexibility index (Phi) is 4.13. The lowest BCUT2D eigenvalue weighted by Gasteiger charge is -2.35. The van der Waals surface area contributed by atoms with Crippen LogP contribution in [0.5, 0.6) is 0 Å². The van der Waals surface area contributed by atoms with E-state index in [4.69, 9.17) is 18.0 Å². The molecule has 1 atom stereocenters. The zero-order valence-electron chi connectivity index (χ0n) is 10.4. The second-order valence-electron chi connectivity index (χ2n) is 4.81. The van der Waals surface area contributed by atoms with Crippen LogP contribution in [-0.2, 0) is 6.54 Å². The molecule has 2 rings (SSSR count). The fraction of sp³-hybridized carbons (Fsp3) is 0.500. The van der Waals surface area contributed by atoms with Gasteiger partial charge >= 0.3 is 0 Å². The number of thiocarbonyl (C=S) groups is 1. The van der Waals surface area contributed by atoms with E-state index in [1.54, 1.807) is 0 Å². The van der Waals surface area contributed by atoms with E-state index >= 15 is 0 Å². The highest BCUT2D eigenvalue weighted by molar-refractivity contribution is 7.80. The predicted octanol–water partition coefficient (Wildman–Crippen LogP) is 2.64. The van der Waals surface area contributed by atoms with Crippen LogP contribution in [0, 0.1) is 6.92 Å². The van der Waals surface area contributed by atoms with E-state index in [0.29, 0.717) is 11.0 Å². The van der Waals surface area contributed by atoms with Crippen LogP contribution in [0.3, 0.4) is 0 Å². The van der Waals surface area contributed by atoms with E-state index in [9.17, 15) is 0 Å². The van der Waals surface area contributed by atoms with Gasteiger partial charge in [-0.2, -0.15) is 0 Å². The van der Waals surface area contributed by atoms with Gasteiger partial charge in [0.1, 0.15) is 0 Å². The molecule has 17 heavy (non-hydrogen) atoms. The molecule has 1 aliphatic heterocycles. The Morgan fingerprint density at radius 2 is 2.18 bits per heavy atom. The number of nitrogens with zero attached hydrogens (tertiary/aromatic N) is 1. The maximum absolute atomic E-state index is 5.84. The molecule has 3 heteroatoms. The molecule has 1 aromatic carbocycles. The van der Waals surface area contributed by atoms with Crippen LogP contribution in [0.25, 0.3) is 0 Å². The molecule has 0 aliphatic carbocycles. The summed E-state index contributed by atoms with van der Waals surface area (Å²) in [6.07, 6.45) is 3.61. The minimum atomic E-state index is 0.290. The molecule has 1 aromatic rings. The molecule has 0 saturated carbocycles. The smallest absolute Gasteiger partial charge is 0.0902 e. The zero-order chi connectivity index (χ0) is 12.3. The molecule has 2 N–H and O–H groups in total. The van der Waals surface area contributed by atoms with E-state index in [0.717, 1.165) is 19.5 Å². The third kappa shape index (κ3) is 3.05. The molecule has 2 nitrogen and oxygen atoms in total. The lowest BCUT2D eigenvalue weighted by molar-refractivity contribution is 0.184. The number of aryl methyl sites for hydroxylation is 1. The number of rotatable bonds is 3. The Balaban J connectivity index is 2.11. The van der Waals surface area contributed by atoms with Crippen LogP contribution in [0.4, 0.5) is 0 Å². The van der Waals surface area contributed by atoms with Crippen molar-refractivity contribution in [2.45, 2.75) is 38.8 Å². The molecular formula is C14H20N2S. The fourth-order valence-electron chi connectivity index (χ4n) is 2.51. The van der Waals surface area contributed by atoms with Gasteiger partial charge in [0.25, 0.3) is 0 Å². The molecule has 0 spiro atoms. The zero-order valence-corrected chi connectivity index (χ0v) is 11.2. The van der Waals surface area contributed by atoms with Crippen LogP contribution in [0.1, 0.15) is 30.4 Å². The van der Waals surface area contributed by atoms with Crippen LogP contribution in [-0.4, -0.2) is 22.5 Å². The van der Waals surface area contributed by atoms with Gasteiger partial charge in [-0.25, -0.2) is 0 Å². The Labute approximate surface area is 109 Å². The first-order valence-corrected chi connectivity index (χ1v) is 6.67. The first-order chi connectivity index (χ1) is 8.18. The van der Waals surface area contributed by atoms with Gasteiger partial charge in [-0.1, -0.05) is 42.9 Å². The average molecular weight is 248 g/mol. The molecule has 0 bridgehead atoms. The third-order valence-corrected chi connectivity index (χ3v) is 3.85. The quantitative estimate of drug-likeness (QED) is 0.834. The summed E-state index contributed by atoms with van der Waals surface area (Å²) < 4.78 is 0. The van der Waals surface area contributed by atoms with Gasteiger partial charge in [-0.15, -0.1) is 0 Å². The van der Waals surface area contributed by atoms with Crippen molar-refractivity contribution >= 4 is 17.2 Å². The summed E-state index contributed by atoms with van der Waals surface area (Å²) in [5, 5.41) is 0. The van der Waals surface area contributed by atoms with E-state index in [1.165, 1.54) is 24.0 Å². The number of benzene rings is 1. The average Bonchev–Trinajstić information content (AvgIpc) is 2.32. The summed E-state index contributed by atoms with van der Waals surface area (Å²) in [7, 11) is 0. The van der Waals surface area contributed by atoms with Crippen LogP contribution >= 0.6 is 12.2 Å². The van der Waals surface area contributed by atoms with Crippen molar-refractivity contribution in [1.29, 1.82) is 0 Å². The summed E-state index contributed by atoms with van der Waals surface area (Å²) in [5.41, 5.74) is 8.57. The van der Waals surface area contributed by atoms with Crippen molar-refractivity contribution in [3.63, 3.8) is 0 Å². The van der Waals surface area contributed by atoms with E-state index < -0.39 is 0 Å². The fourth-order valence-corrected chi connectivity index (χ4v) is 2.78. The SMILES string of the molecule is Cc1ccccc1CN1CCCCC1C(N)=S. The third-order valence-electron chi connectivity index (χ3n) is 3.58. The molecule has 1 fully saturated rings. The normalized spacial score (nSPS) is 21.4. The molecule has 0 aromatic heterocycles. The number of piperidine rings is 1. The van der Waals surface area contributed by atoms with E-state index in [2.05, 4.69) is 36.1 Å².